The van der Waals surface area contributed by atoms with Gasteiger partial charge in [0.15, 0.2) is 5.65 Å². The summed E-state index contributed by atoms with van der Waals surface area (Å²) in [7, 11) is 0. The molecule has 3 heterocycles. The average Bonchev–Trinajstić information content (AvgIpc) is 3.23. The van der Waals surface area contributed by atoms with E-state index in [0.29, 0.717) is 18.3 Å². The van der Waals surface area contributed by atoms with Crippen LogP contribution in [0.3, 0.4) is 0 Å². The molecule has 5 rings (SSSR count). The zero-order chi connectivity index (χ0) is 21.4. The molecule has 1 aromatic carbocycles. The molecule has 6 heteroatoms. The smallest absolute Gasteiger partial charge is 0.163 e. The standard InChI is InChI=1S/C25H22BrN5/c1-2-22-23(26)24(17-9-7-16(8-10-17)11-12-27)30-25-20(15-29-31(22)25)19-13-18-5-3-4-6-21(18)28-14-19/h2-6,13-17H,1,7-11H2. The Balaban J connectivity index is 1.61. The number of nitriles is 1. The molecule has 1 saturated carbocycles. The minimum absolute atomic E-state index is 0.366. The predicted octanol–water partition coefficient (Wildman–Crippen LogP) is 6.54. The highest BCUT2D eigenvalue weighted by molar-refractivity contribution is 9.10. The van der Waals surface area contributed by atoms with E-state index < -0.39 is 0 Å². The molecule has 1 aliphatic rings. The molecule has 4 aromatic rings. The molecule has 0 atom stereocenters. The Bertz CT molecular complexity index is 1330. The van der Waals surface area contributed by atoms with Crippen molar-refractivity contribution in [3.8, 4) is 17.2 Å². The van der Waals surface area contributed by atoms with Gasteiger partial charge in [-0.15, -0.1) is 0 Å². The number of hydrogen-bond donors (Lipinski definition) is 0. The van der Waals surface area contributed by atoms with Crippen molar-refractivity contribution in [3.05, 3.63) is 65.2 Å². The maximum Gasteiger partial charge on any atom is 0.163 e. The number of benzene rings is 1. The maximum atomic E-state index is 9.02. The van der Waals surface area contributed by atoms with Crippen LogP contribution in [-0.2, 0) is 0 Å². The normalized spacial score (nSPS) is 18.8. The van der Waals surface area contributed by atoms with E-state index in [2.05, 4.69) is 50.8 Å². The van der Waals surface area contributed by atoms with E-state index in [1.807, 2.05) is 41.2 Å². The third kappa shape index (κ3) is 3.53. The van der Waals surface area contributed by atoms with Crippen LogP contribution in [0.1, 0.15) is 49.4 Å². The lowest BCUT2D eigenvalue weighted by molar-refractivity contribution is 0.326. The molecule has 31 heavy (non-hydrogen) atoms. The van der Waals surface area contributed by atoms with Crippen LogP contribution < -0.4 is 0 Å². The zero-order valence-electron chi connectivity index (χ0n) is 17.1. The summed E-state index contributed by atoms with van der Waals surface area (Å²) < 4.78 is 2.82. The average molecular weight is 472 g/mol. The van der Waals surface area contributed by atoms with Gasteiger partial charge in [0.25, 0.3) is 0 Å². The highest BCUT2D eigenvalue weighted by Gasteiger charge is 2.27. The Morgan fingerprint density at radius 2 is 2.00 bits per heavy atom. The van der Waals surface area contributed by atoms with Crippen LogP contribution in [0.15, 0.2) is 53.8 Å². The lowest BCUT2D eigenvalue weighted by atomic mass is 9.79. The van der Waals surface area contributed by atoms with Crippen molar-refractivity contribution < 1.29 is 0 Å². The fraction of sp³-hybridized carbons (Fsp3) is 0.280. The van der Waals surface area contributed by atoms with Crippen molar-refractivity contribution in [2.24, 2.45) is 5.92 Å². The number of pyridine rings is 1. The van der Waals surface area contributed by atoms with Crippen molar-refractivity contribution in [1.82, 2.24) is 19.6 Å². The van der Waals surface area contributed by atoms with Gasteiger partial charge in [0, 0.05) is 35.0 Å². The SMILES string of the molecule is C=Cc1c(Br)c(C2CCC(CC#N)CC2)nc2c(-c3cnc4ccccc4c3)cnn12. The molecular formula is C25H22BrN5. The fourth-order valence-electron chi connectivity index (χ4n) is 4.65. The Hall–Kier alpha value is -3.04. The van der Waals surface area contributed by atoms with E-state index >= 15 is 0 Å². The van der Waals surface area contributed by atoms with Gasteiger partial charge in [-0.05, 0) is 65.7 Å². The van der Waals surface area contributed by atoms with Crippen molar-refractivity contribution in [1.29, 1.82) is 5.26 Å². The molecular weight excluding hydrogens is 450 g/mol. The summed E-state index contributed by atoms with van der Waals surface area (Å²) in [4.78, 5) is 9.73. The first-order valence-electron chi connectivity index (χ1n) is 10.6. The summed E-state index contributed by atoms with van der Waals surface area (Å²) >= 11 is 3.78. The molecule has 0 aliphatic heterocycles. The first kappa shape index (κ1) is 19.9. The third-order valence-corrected chi connectivity index (χ3v) is 7.17. The molecule has 154 valence electrons. The Morgan fingerprint density at radius 1 is 1.19 bits per heavy atom. The second-order valence-electron chi connectivity index (χ2n) is 8.19. The predicted molar refractivity (Wildman–Crippen MR) is 126 cm³/mol. The van der Waals surface area contributed by atoms with Crippen LogP contribution in [0.5, 0.6) is 0 Å². The molecule has 0 spiro atoms. The molecule has 0 bridgehead atoms. The van der Waals surface area contributed by atoms with Crippen molar-refractivity contribution >= 4 is 38.6 Å². The first-order valence-corrected chi connectivity index (χ1v) is 11.4. The van der Waals surface area contributed by atoms with Crippen LogP contribution >= 0.6 is 15.9 Å². The number of hydrogen-bond acceptors (Lipinski definition) is 4. The van der Waals surface area contributed by atoms with Crippen molar-refractivity contribution in [2.45, 2.75) is 38.0 Å². The molecule has 1 aliphatic carbocycles. The highest BCUT2D eigenvalue weighted by Crippen LogP contribution is 2.41. The Kier molecular flexibility index (Phi) is 5.29. The van der Waals surface area contributed by atoms with Crippen molar-refractivity contribution in [2.75, 3.05) is 0 Å². The number of rotatable bonds is 4. The molecule has 0 radical (unpaired) electrons. The number of aromatic nitrogens is 4. The van der Waals surface area contributed by atoms with Crippen LogP contribution in [0, 0.1) is 17.2 Å². The molecule has 1 fully saturated rings. The summed E-state index contributed by atoms with van der Waals surface area (Å²) in [5, 5.41) is 14.7. The summed E-state index contributed by atoms with van der Waals surface area (Å²) in [5.74, 6) is 0.877. The lowest BCUT2D eigenvalue weighted by Crippen LogP contribution is -2.16. The van der Waals surface area contributed by atoms with Gasteiger partial charge in [-0.25, -0.2) is 9.50 Å². The van der Waals surface area contributed by atoms with Crippen LogP contribution in [0.4, 0.5) is 0 Å². The summed E-state index contributed by atoms with van der Waals surface area (Å²) in [5.41, 5.74) is 5.74. The molecule has 5 nitrogen and oxygen atoms in total. The number of nitrogens with zero attached hydrogens (tertiary/aromatic N) is 5. The van der Waals surface area contributed by atoms with Crippen LogP contribution in [-0.4, -0.2) is 19.6 Å². The summed E-state index contributed by atoms with van der Waals surface area (Å²) in [6, 6.07) is 12.6. The van der Waals surface area contributed by atoms with Crippen LogP contribution in [0.2, 0.25) is 0 Å². The van der Waals surface area contributed by atoms with Crippen molar-refractivity contribution in [3.63, 3.8) is 0 Å². The lowest BCUT2D eigenvalue weighted by Gasteiger charge is -2.27. The maximum absolute atomic E-state index is 9.02. The topological polar surface area (TPSA) is 66.9 Å². The minimum atomic E-state index is 0.366. The van der Waals surface area contributed by atoms with E-state index in [1.165, 1.54) is 0 Å². The van der Waals surface area contributed by atoms with Crippen LogP contribution in [0.25, 0.3) is 33.8 Å². The first-order chi connectivity index (χ1) is 15.2. The second kappa shape index (κ2) is 8.24. The van der Waals surface area contributed by atoms with Gasteiger partial charge in [-0.3, -0.25) is 4.98 Å². The van der Waals surface area contributed by atoms with E-state index in [9.17, 15) is 0 Å². The number of para-hydroxylation sites is 1. The van der Waals surface area contributed by atoms with Gasteiger partial charge in [0.2, 0.25) is 0 Å². The number of fused-ring (bicyclic) bond motifs is 2. The highest BCUT2D eigenvalue weighted by atomic mass is 79.9. The molecule has 0 amide bonds. The quantitative estimate of drug-likeness (QED) is 0.338. The van der Waals surface area contributed by atoms with Gasteiger partial charge >= 0.3 is 0 Å². The van der Waals surface area contributed by atoms with Gasteiger partial charge in [-0.1, -0.05) is 24.8 Å². The molecule has 0 saturated heterocycles. The molecule has 0 unspecified atom stereocenters. The Morgan fingerprint density at radius 3 is 2.77 bits per heavy atom. The largest absolute Gasteiger partial charge is 0.256 e. The van der Waals surface area contributed by atoms with Gasteiger partial charge in [0.1, 0.15) is 0 Å². The van der Waals surface area contributed by atoms with E-state index in [1.54, 1.807) is 0 Å². The third-order valence-electron chi connectivity index (χ3n) is 6.36. The van der Waals surface area contributed by atoms with Gasteiger partial charge in [-0.2, -0.15) is 10.4 Å². The second-order valence-corrected chi connectivity index (χ2v) is 8.98. The summed E-state index contributed by atoms with van der Waals surface area (Å²) in [6.07, 6.45) is 10.5. The number of halogens is 1. The van der Waals surface area contributed by atoms with Gasteiger partial charge in [0.05, 0.1) is 33.6 Å². The minimum Gasteiger partial charge on any atom is -0.256 e. The van der Waals surface area contributed by atoms with E-state index in [4.69, 9.17) is 10.2 Å². The zero-order valence-corrected chi connectivity index (χ0v) is 18.7. The fourth-order valence-corrected chi connectivity index (χ4v) is 5.39. The summed E-state index contributed by atoms with van der Waals surface area (Å²) in [6.45, 7) is 4.02. The molecule has 0 N–H and O–H groups in total. The Labute approximate surface area is 189 Å². The van der Waals surface area contributed by atoms with Gasteiger partial charge < -0.3 is 0 Å². The van der Waals surface area contributed by atoms with E-state index in [0.717, 1.165) is 69.2 Å². The van der Waals surface area contributed by atoms with E-state index in [-0.39, 0.29) is 0 Å². The molecule has 3 aromatic heterocycles. The monoisotopic (exact) mass is 471 g/mol.